The van der Waals surface area contributed by atoms with Crippen LogP contribution in [0.2, 0.25) is 0 Å². The van der Waals surface area contributed by atoms with Gasteiger partial charge in [-0.25, -0.2) is 0 Å². The van der Waals surface area contributed by atoms with Gasteiger partial charge in [-0.15, -0.1) is 0 Å². The zero-order chi connectivity index (χ0) is 24.2. The molecule has 0 aromatic rings. The summed E-state index contributed by atoms with van der Waals surface area (Å²) in [5.41, 5.74) is 0. The normalized spacial score (nSPS) is 11.0. The van der Waals surface area contributed by atoms with Gasteiger partial charge in [0.15, 0.2) is 0 Å². The Morgan fingerprint density at radius 1 is 0.485 bits per heavy atom. The molecular formula is C28H54O4S. The molecule has 0 heterocycles. The van der Waals surface area contributed by atoms with Gasteiger partial charge >= 0.3 is 11.9 Å². The third kappa shape index (κ3) is 27.4. The van der Waals surface area contributed by atoms with E-state index in [1.54, 1.807) is 11.8 Å². The molecule has 0 atom stereocenters. The van der Waals surface area contributed by atoms with Gasteiger partial charge in [-0.2, -0.15) is 11.8 Å². The number of hydrogen-bond acceptors (Lipinski definition) is 5. The van der Waals surface area contributed by atoms with Gasteiger partial charge in [0, 0.05) is 11.5 Å². The number of esters is 2. The summed E-state index contributed by atoms with van der Waals surface area (Å²) < 4.78 is 10.4. The van der Waals surface area contributed by atoms with E-state index >= 15 is 0 Å². The predicted molar refractivity (Wildman–Crippen MR) is 143 cm³/mol. The van der Waals surface area contributed by atoms with E-state index in [1.807, 2.05) is 0 Å². The van der Waals surface area contributed by atoms with E-state index in [0.29, 0.717) is 37.6 Å². The number of carbonyl (C=O) groups is 2. The van der Waals surface area contributed by atoms with Crippen molar-refractivity contribution < 1.29 is 19.1 Å². The predicted octanol–water partition coefficient (Wildman–Crippen LogP) is 8.65. The van der Waals surface area contributed by atoms with Crippen molar-refractivity contribution in [2.24, 2.45) is 0 Å². The molecule has 0 aromatic carbocycles. The van der Waals surface area contributed by atoms with Gasteiger partial charge in [-0.3, -0.25) is 9.59 Å². The van der Waals surface area contributed by atoms with Crippen molar-refractivity contribution in [1.29, 1.82) is 0 Å². The van der Waals surface area contributed by atoms with Gasteiger partial charge in [-0.05, 0) is 12.8 Å². The Balaban J connectivity index is 3.20. The van der Waals surface area contributed by atoms with Crippen LogP contribution < -0.4 is 0 Å². The highest BCUT2D eigenvalue weighted by Crippen LogP contribution is 2.14. The fraction of sp³-hybridized carbons (Fsp3) is 0.929. The molecule has 0 saturated heterocycles. The lowest BCUT2D eigenvalue weighted by molar-refractivity contribution is -0.144. The first-order valence-electron chi connectivity index (χ1n) is 14.1. The van der Waals surface area contributed by atoms with Crippen LogP contribution in [-0.2, 0) is 19.1 Å². The highest BCUT2D eigenvalue weighted by Gasteiger charge is 2.05. The minimum absolute atomic E-state index is 0.117. The summed E-state index contributed by atoms with van der Waals surface area (Å²) in [7, 11) is 0. The molecule has 0 amide bonds. The Labute approximate surface area is 209 Å². The van der Waals surface area contributed by atoms with Crippen LogP contribution >= 0.6 is 11.8 Å². The summed E-state index contributed by atoms with van der Waals surface area (Å²) in [6.45, 7) is 5.42. The Bertz CT molecular complexity index is 428. The molecule has 0 unspecified atom stereocenters. The van der Waals surface area contributed by atoms with Gasteiger partial charge in [0.2, 0.25) is 0 Å². The number of unbranched alkanes of at least 4 members (excludes halogenated alkanes) is 16. The summed E-state index contributed by atoms with van der Waals surface area (Å²) in [5.74, 6) is 1.16. The van der Waals surface area contributed by atoms with Crippen molar-refractivity contribution in [3.8, 4) is 0 Å². The zero-order valence-electron chi connectivity index (χ0n) is 22.0. The number of rotatable bonds is 26. The largest absolute Gasteiger partial charge is 0.466 e. The molecule has 33 heavy (non-hydrogen) atoms. The van der Waals surface area contributed by atoms with Crippen LogP contribution in [-0.4, -0.2) is 36.7 Å². The molecule has 0 saturated carbocycles. The molecule has 196 valence electrons. The van der Waals surface area contributed by atoms with E-state index in [1.165, 1.54) is 89.9 Å². The highest BCUT2D eigenvalue weighted by molar-refractivity contribution is 7.99. The second-order valence-corrected chi connectivity index (χ2v) is 10.4. The molecule has 0 aliphatic heterocycles. The highest BCUT2D eigenvalue weighted by atomic mass is 32.2. The van der Waals surface area contributed by atoms with E-state index in [9.17, 15) is 9.59 Å². The van der Waals surface area contributed by atoms with Crippen LogP contribution in [0, 0.1) is 0 Å². The van der Waals surface area contributed by atoms with E-state index in [0.717, 1.165) is 25.7 Å². The summed E-state index contributed by atoms with van der Waals surface area (Å²) in [4.78, 5) is 23.2. The summed E-state index contributed by atoms with van der Waals surface area (Å²) in [6, 6.07) is 0. The fourth-order valence-electron chi connectivity index (χ4n) is 3.72. The number of carbonyl (C=O) groups excluding carboxylic acids is 2. The first-order valence-corrected chi connectivity index (χ1v) is 15.2. The lowest BCUT2D eigenvalue weighted by atomic mass is 10.0. The standard InChI is InChI=1S/C28H54O4S/c1-3-5-7-8-9-10-11-12-13-14-15-16-17-18-19-20-24-32-28(30)22-26-33-25-21-27(29)31-23-6-4-2/h3-26H2,1-2H3. The second-order valence-electron chi connectivity index (χ2n) is 9.21. The molecule has 0 aliphatic rings. The van der Waals surface area contributed by atoms with Gasteiger partial charge in [0.25, 0.3) is 0 Å². The van der Waals surface area contributed by atoms with Crippen LogP contribution in [0.3, 0.4) is 0 Å². The Hall–Kier alpha value is -0.710. The number of hydrogen-bond donors (Lipinski definition) is 0. The minimum atomic E-state index is -0.137. The SMILES string of the molecule is CCCCCCCCCCCCCCCCCCOC(=O)CCSCCC(=O)OCCCC. The lowest BCUT2D eigenvalue weighted by Gasteiger charge is -2.06. The first kappa shape index (κ1) is 32.3. The van der Waals surface area contributed by atoms with Crippen molar-refractivity contribution in [3.05, 3.63) is 0 Å². The van der Waals surface area contributed by atoms with Crippen LogP contribution in [0.5, 0.6) is 0 Å². The van der Waals surface area contributed by atoms with Crippen molar-refractivity contribution in [2.75, 3.05) is 24.7 Å². The van der Waals surface area contributed by atoms with Gasteiger partial charge in [0.1, 0.15) is 0 Å². The third-order valence-electron chi connectivity index (χ3n) is 5.92. The second kappa shape index (κ2) is 27.5. The van der Waals surface area contributed by atoms with E-state index in [2.05, 4.69) is 13.8 Å². The van der Waals surface area contributed by atoms with Crippen LogP contribution in [0.15, 0.2) is 0 Å². The Kier molecular flexibility index (Phi) is 26.9. The summed E-state index contributed by atoms with van der Waals surface area (Å²) in [6.07, 6.45) is 24.3. The van der Waals surface area contributed by atoms with Crippen LogP contribution in [0.25, 0.3) is 0 Å². The smallest absolute Gasteiger partial charge is 0.306 e. The van der Waals surface area contributed by atoms with E-state index in [4.69, 9.17) is 9.47 Å². The zero-order valence-corrected chi connectivity index (χ0v) is 22.8. The third-order valence-corrected chi connectivity index (χ3v) is 6.91. The molecule has 0 N–H and O–H groups in total. The monoisotopic (exact) mass is 486 g/mol. The van der Waals surface area contributed by atoms with Gasteiger partial charge in [-0.1, -0.05) is 117 Å². The Morgan fingerprint density at radius 3 is 1.21 bits per heavy atom. The molecule has 5 heteroatoms. The Morgan fingerprint density at radius 2 is 0.818 bits per heavy atom. The minimum Gasteiger partial charge on any atom is -0.466 e. The van der Waals surface area contributed by atoms with Crippen molar-refractivity contribution in [1.82, 2.24) is 0 Å². The summed E-state index contributed by atoms with van der Waals surface area (Å²) in [5, 5.41) is 0. The van der Waals surface area contributed by atoms with Gasteiger partial charge < -0.3 is 9.47 Å². The van der Waals surface area contributed by atoms with E-state index in [-0.39, 0.29) is 11.9 Å². The van der Waals surface area contributed by atoms with Gasteiger partial charge in [0.05, 0.1) is 26.1 Å². The molecule has 0 spiro atoms. The number of ether oxygens (including phenoxy) is 2. The summed E-state index contributed by atoms with van der Waals surface area (Å²) >= 11 is 1.61. The fourth-order valence-corrected chi connectivity index (χ4v) is 4.55. The van der Waals surface area contributed by atoms with Crippen molar-refractivity contribution in [2.45, 2.75) is 142 Å². The molecule has 4 nitrogen and oxygen atoms in total. The molecule has 0 fully saturated rings. The molecule has 0 rings (SSSR count). The maximum absolute atomic E-state index is 11.7. The van der Waals surface area contributed by atoms with Crippen molar-refractivity contribution >= 4 is 23.7 Å². The molecule has 0 bridgehead atoms. The number of thioether (sulfide) groups is 1. The molecule has 0 radical (unpaired) electrons. The average molecular weight is 487 g/mol. The van der Waals surface area contributed by atoms with E-state index < -0.39 is 0 Å². The quantitative estimate of drug-likeness (QED) is 0.0904. The molecule has 0 aromatic heterocycles. The molecular weight excluding hydrogens is 432 g/mol. The van der Waals surface area contributed by atoms with Crippen LogP contribution in [0.1, 0.15) is 142 Å². The lowest BCUT2D eigenvalue weighted by Crippen LogP contribution is -2.08. The van der Waals surface area contributed by atoms with Crippen LogP contribution in [0.4, 0.5) is 0 Å². The average Bonchev–Trinajstić information content (AvgIpc) is 2.81. The maximum atomic E-state index is 11.7. The first-order chi connectivity index (χ1) is 16.2. The molecule has 0 aliphatic carbocycles. The van der Waals surface area contributed by atoms with Crippen molar-refractivity contribution in [3.63, 3.8) is 0 Å². The topological polar surface area (TPSA) is 52.6 Å². The maximum Gasteiger partial charge on any atom is 0.306 e.